The molecule has 0 saturated heterocycles. The molecule has 0 spiro atoms. The molecular formula is C16H26Cl2N2. The van der Waals surface area contributed by atoms with Crippen molar-refractivity contribution in [1.82, 2.24) is 4.90 Å². The number of benzene rings is 1. The Morgan fingerprint density at radius 2 is 1.75 bits per heavy atom. The molecule has 0 aliphatic rings. The van der Waals surface area contributed by atoms with Gasteiger partial charge in [0.2, 0.25) is 0 Å². The minimum Gasteiger partial charge on any atom is -0.329 e. The zero-order chi connectivity index (χ0) is 15.1. The lowest BCUT2D eigenvalue weighted by Gasteiger charge is -2.35. The largest absolute Gasteiger partial charge is 0.329 e. The number of hydrogen-bond acceptors (Lipinski definition) is 2. The van der Waals surface area contributed by atoms with Crippen LogP contribution in [0.25, 0.3) is 0 Å². The maximum Gasteiger partial charge on any atom is 0.0502 e. The lowest BCUT2D eigenvalue weighted by atomic mass is 10.0. The van der Waals surface area contributed by atoms with E-state index in [1.165, 1.54) is 19.3 Å². The Kier molecular flexibility index (Phi) is 7.90. The van der Waals surface area contributed by atoms with Gasteiger partial charge in [-0.1, -0.05) is 49.0 Å². The van der Waals surface area contributed by atoms with Crippen LogP contribution >= 0.6 is 23.2 Å². The van der Waals surface area contributed by atoms with Crippen molar-refractivity contribution in [2.24, 2.45) is 5.73 Å². The zero-order valence-electron chi connectivity index (χ0n) is 12.7. The van der Waals surface area contributed by atoms with Crippen LogP contribution in [0.1, 0.15) is 51.6 Å². The third-order valence-corrected chi connectivity index (χ3v) is 4.30. The lowest BCUT2D eigenvalue weighted by Crippen LogP contribution is -2.39. The number of nitrogens with two attached hydrogens (primary N) is 1. The Balaban J connectivity index is 3.00. The Bertz CT molecular complexity index is 387. The predicted octanol–water partition coefficient (Wildman–Crippen LogP) is 4.89. The minimum atomic E-state index is 0.0769. The molecule has 0 heterocycles. The van der Waals surface area contributed by atoms with Gasteiger partial charge in [0, 0.05) is 28.2 Å². The summed E-state index contributed by atoms with van der Waals surface area (Å²) in [5.74, 6) is 0. The van der Waals surface area contributed by atoms with Gasteiger partial charge in [-0.3, -0.25) is 4.90 Å². The van der Waals surface area contributed by atoms with E-state index in [0.717, 1.165) is 12.1 Å². The number of nitrogens with zero attached hydrogens (tertiary/aromatic N) is 1. The van der Waals surface area contributed by atoms with Gasteiger partial charge in [0.25, 0.3) is 0 Å². The molecule has 1 aromatic rings. The van der Waals surface area contributed by atoms with Gasteiger partial charge in [-0.2, -0.15) is 0 Å². The molecule has 0 bridgehead atoms. The van der Waals surface area contributed by atoms with Gasteiger partial charge in [0.15, 0.2) is 0 Å². The van der Waals surface area contributed by atoms with Crippen LogP contribution in [-0.4, -0.2) is 24.0 Å². The first-order chi connectivity index (χ1) is 9.52. The Labute approximate surface area is 133 Å². The molecule has 1 atom stereocenters. The molecule has 20 heavy (non-hydrogen) atoms. The summed E-state index contributed by atoms with van der Waals surface area (Å²) in [6.45, 7) is 8.15. The van der Waals surface area contributed by atoms with E-state index in [4.69, 9.17) is 28.9 Å². The Morgan fingerprint density at radius 1 is 1.15 bits per heavy atom. The van der Waals surface area contributed by atoms with Crippen molar-refractivity contribution in [1.29, 1.82) is 0 Å². The summed E-state index contributed by atoms with van der Waals surface area (Å²) in [5, 5.41) is 1.41. The van der Waals surface area contributed by atoms with Gasteiger partial charge in [-0.25, -0.2) is 0 Å². The van der Waals surface area contributed by atoms with Crippen LogP contribution in [0.2, 0.25) is 10.0 Å². The Hall–Kier alpha value is -0.280. The molecular weight excluding hydrogens is 291 g/mol. The van der Waals surface area contributed by atoms with Crippen molar-refractivity contribution < 1.29 is 0 Å². The second kappa shape index (κ2) is 8.89. The summed E-state index contributed by atoms with van der Waals surface area (Å²) >= 11 is 12.7. The van der Waals surface area contributed by atoms with Gasteiger partial charge in [0.05, 0.1) is 6.04 Å². The van der Waals surface area contributed by atoms with Gasteiger partial charge < -0.3 is 5.73 Å². The number of unbranched alkanes of at least 4 members (excludes halogenated alkanes) is 2. The first kappa shape index (κ1) is 17.8. The van der Waals surface area contributed by atoms with Crippen LogP contribution in [0.5, 0.6) is 0 Å². The first-order valence-corrected chi connectivity index (χ1v) is 8.18. The monoisotopic (exact) mass is 316 g/mol. The molecule has 0 amide bonds. The highest BCUT2D eigenvalue weighted by molar-refractivity contribution is 6.36. The van der Waals surface area contributed by atoms with Crippen molar-refractivity contribution in [3.8, 4) is 0 Å². The summed E-state index contributed by atoms with van der Waals surface area (Å²) in [6, 6.07) is 6.13. The molecule has 114 valence electrons. The van der Waals surface area contributed by atoms with E-state index in [0.29, 0.717) is 22.6 Å². The van der Waals surface area contributed by atoms with Crippen molar-refractivity contribution in [3.63, 3.8) is 0 Å². The summed E-state index contributed by atoms with van der Waals surface area (Å²) in [4.78, 5) is 2.41. The van der Waals surface area contributed by atoms with Crippen molar-refractivity contribution in [2.75, 3.05) is 13.1 Å². The average Bonchev–Trinajstić information content (AvgIpc) is 2.40. The van der Waals surface area contributed by atoms with Crippen LogP contribution in [0.4, 0.5) is 0 Å². The molecule has 0 fully saturated rings. The van der Waals surface area contributed by atoms with Gasteiger partial charge in [-0.15, -0.1) is 0 Å². The maximum absolute atomic E-state index is 6.35. The molecule has 2 nitrogen and oxygen atoms in total. The second-order valence-electron chi connectivity index (χ2n) is 5.43. The molecule has 0 aromatic heterocycles. The minimum absolute atomic E-state index is 0.0769. The maximum atomic E-state index is 6.35. The van der Waals surface area contributed by atoms with Gasteiger partial charge in [-0.05, 0) is 38.9 Å². The summed E-state index contributed by atoms with van der Waals surface area (Å²) in [5.41, 5.74) is 6.99. The fraction of sp³-hybridized carbons (Fsp3) is 0.625. The predicted molar refractivity (Wildman–Crippen MR) is 89.6 cm³/mol. The first-order valence-electron chi connectivity index (χ1n) is 7.42. The van der Waals surface area contributed by atoms with E-state index >= 15 is 0 Å². The summed E-state index contributed by atoms with van der Waals surface area (Å²) in [7, 11) is 0. The van der Waals surface area contributed by atoms with Crippen LogP contribution in [0, 0.1) is 0 Å². The molecule has 1 rings (SSSR count). The zero-order valence-corrected chi connectivity index (χ0v) is 14.2. The van der Waals surface area contributed by atoms with E-state index in [9.17, 15) is 0 Å². The molecule has 0 aliphatic carbocycles. The van der Waals surface area contributed by atoms with Crippen LogP contribution < -0.4 is 5.73 Å². The fourth-order valence-electron chi connectivity index (χ4n) is 2.57. The standard InChI is InChI=1S/C16H26Cl2N2/c1-4-5-6-10-20(12(2)3)15(11-19)16-13(17)8-7-9-14(16)18/h7-9,12,15H,4-6,10-11,19H2,1-3H3. The lowest BCUT2D eigenvalue weighted by molar-refractivity contribution is 0.154. The van der Waals surface area contributed by atoms with Gasteiger partial charge in [0.1, 0.15) is 0 Å². The molecule has 1 aromatic carbocycles. The van der Waals surface area contributed by atoms with Crippen LogP contribution in [-0.2, 0) is 0 Å². The highest BCUT2D eigenvalue weighted by Gasteiger charge is 2.25. The smallest absolute Gasteiger partial charge is 0.0502 e. The number of hydrogen-bond donors (Lipinski definition) is 1. The molecule has 2 N–H and O–H groups in total. The third-order valence-electron chi connectivity index (χ3n) is 3.64. The van der Waals surface area contributed by atoms with Crippen LogP contribution in [0.3, 0.4) is 0 Å². The van der Waals surface area contributed by atoms with E-state index in [-0.39, 0.29) is 6.04 Å². The quantitative estimate of drug-likeness (QED) is 0.691. The van der Waals surface area contributed by atoms with E-state index < -0.39 is 0 Å². The molecule has 0 aliphatic heterocycles. The highest BCUT2D eigenvalue weighted by Crippen LogP contribution is 2.34. The van der Waals surface area contributed by atoms with E-state index in [1.807, 2.05) is 18.2 Å². The van der Waals surface area contributed by atoms with E-state index in [2.05, 4.69) is 25.7 Å². The molecule has 0 saturated carbocycles. The number of halogens is 2. The van der Waals surface area contributed by atoms with Crippen LogP contribution in [0.15, 0.2) is 18.2 Å². The van der Waals surface area contributed by atoms with E-state index in [1.54, 1.807) is 0 Å². The summed E-state index contributed by atoms with van der Waals surface area (Å²) in [6.07, 6.45) is 3.62. The SMILES string of the molecule is CCCCCN(C(C)C)C(CN)c1c(Cl)cccc1Cl. The van der Waals surface area contributed by atoms with Gasteiger partial charge >= 0.3 is 0 Å². The second-order valence-corrected chi connectivity index (χ2v) is 6.24. The average molecular weight is 317 g/mol. The highest BCUT2D eigenvalue weighted by atomic mass is 35.5. The van der Waals surface area contributed by atoms with Crippen molar-refractivity contribution >= 4 is 23.2 Å². The molecule has 4 heteroatoms. The normalized spacial score (nSPS) is 13.2. The molecule has 0 radical (unpaired) electrons. The van der Waals surface area contributed by atoms with Crippen molar-refractivity contribution in [2.45, 2.75) is 52.1 Å². The topological polar surface area (TPSA) is 29.3 Å². The third kappa shape index (κ3) is 4.63. The Morgan fingerprint density at radius 3 is 2.20 bits per heavy atom. The fourth-order valence-corrected chi connectivity index (χ4v) is 3.22. The van der Waals surface area contributed by atoms with Crippen molar-refractivity contribution in [3.05, 3.63) is 33.8 Å². The molecule has 1 unspecified atom stereocenters. The summed E-state index contributed by atoms with van der Waals surface area (Å²) < 4.78 is 0. The number of rotatable bonds is 8.